The quantitative estimate of drug-likeness (QED) is 0.826. The average molecular weight is 360 g/mol. The molecule has 6 heteroatoms. The fourth-order valence-electron chi connectivity index (χ4n) is 2.29. The van der Waals surface area contributed by atoms with E-state index in [2.05, 4.69) is 10.0 Å². The van der Waals surface area contributed by atoms with E-state index < -0.39 is 10.0 Å². The van der Waals surface area contributed by atoms with E-state index in [9.17, 15) is 13.2 Å². The zero-order valence-electron chi connectivity index (χ0n) is 15.0. The summed E-state index contributed by atoms with van der Waals surface area (Å²) in [6.07, 6.45) is 0.687. The van der Waals surface area contributed by atoms with Crippen molar-refractivity contribution in [3.8, 4) is 0 Å². The highest BCUT2D eigenvalue weighted by molar-refractivity contribution is 7.89. The van der Waals surface area contributed by atoms with Gasteiger partial charge in [0, 0.05) is 17.3 Å². The molecule has 0 saturated heterocycles. The molecule has 1 unspecified atom stereocenters. The Morgan fingerprint density at radius 2 is 1.84 bits per heavy atom. The van der Waals surface area contributed by atoms with Gasteiger partial charge >= 0.3 is 0 Å². The molecule has 0 fully saturated rings. The van der Waals surface area contributed by atoms with Crippen molar-refractivity contribution in [3.05, 3.63) is 59.2 Å². The van der Waals surface area contributed by atoms with E-state index in [0.29, 0.717) is 12.0 Å². The Balaban J connectivity index is 2.26. The molecule has 1 atom stereocenters. The summed E-state index contributed by atoms with van der Waals surface area (Å²) < 4.78 is 27.4. The lowest BCUT2D eigenvalue weighted by molar-refractivity contribution is 0.102. The minimum atomic E-state index is -3.65. The van der Waals surface area contributed by atoms with Gasteiger partial charge in [-0.05, 0) is 62.6 Å². The van der Waals surface area contributed by atoms with Crippen LogP contribution in [-0.4, -0.2) is 20.4 Å². The van der Waals surface area contributed by atoms with Crippen LogP contribution in [0.4, 0.5) is 5.69 Å². The van der Waals surface area contributed by atoms with Gasteiger partial charge in [0.05, 0.1) is 4.90 Å². The van der Waals surface area contributed by atoms with E-state index in [0.717, 1.165) is 16.8 Å². The zero-order valence-corrected chi connectivity index (χ0v) is 15.8. The first-order valence-corrected chi connectivity index (χ1v) is 9.72. The number of hydrogen-bond acceptors (Lipinski definition) is 3. The Kier molecular flexibility index (Phi) is 5.98. The third kappa shape index (κ3) is 4.90. The molecule has 2 aromatic carbocycles. The van der Waals surface area contributed by atoms with Gasteiger partial charge in [-0.25, -0.2) is 13.1 Å². The second kappa shape index (κ2) is 7.80. The summed E-state index contributed by atoms with van der Waals surface area (Å²) in [4.78, 5) is 12.6. The molecule has 5 nitrogen and oxygen atoms in total. The Hall–Kier alpha value is -2.18. The van der Waals surface area contributed by atoms with Crippen molar-refractivity contribution in [1.82, 2.24) is 4.72 Å². The number of nitrogens with one attached hydrogen (secondary N) is 2. The van der Waals surface area contributed by atoms with Crippen molar-refractivity contribution < 1.29 is 13.2 Å². The molecule has 0 aliphatic rings. The number of benzene rings is 2. The number of anilines is 1. The van der Waals surface area contributed by atoms with Gasteiger partial charge in [0.15, 0.2) is 0 Å². The molecule has 0 radical (unpaired) electrons. The molecule has 1 amide bonds. The van der Waals surface area contributed by atoms with E-state index >= 15 is 0 Å². The van der Waals surface area contributed by atoms with E-state index in [1.807, 2.05) is 39.0 Å². The third-order valence-electron chi connectivity index (χ3n) is 4.02. The molecule has 0 aliphatic carbocycles. The first kappa shape index (κ1) is 19.1. The Bertz CT molecular complexity index is 876. The summed E-state index contributed by atoms with van der Waals surface area (Å²) >= 11 is 0. The summed E-state index contributed by atoms with van der Waals surface area (Å²) in [5, 5.41) is 2.84. The fraction of sp³-hybridized carbons (Fsp3) is 0.316. The van der Waals surface area contributed by atoms with Crippen LogP contribution in [0.3, 0.4) is 0 Å². The van der Waals surface area contributed by atoms with Crippen molar-refractivity contribution in [3.63, 3.8) is 0 Å². The molecule has 2 aromatic rings. The number of aryl methyl sites for hydroxylation is 2. The summed E-state index contributed by atoms with van der Waals surface area (Å²) in [5.74, 6) is -0.339. The van der Waals surface area contributed by atoms with Crippen LogP contribution in [0, 0.1) is 13.8 Å². The average Bonchev–Trinajstić information content (AvgIpc) is 2.57. The normalized spacial score (nSPS) is 12.6. The lowest BCUT2D eigenvalue weighted by Gasteiger charge is -2.13. The molecule has 2 N–H and O–H groups in total. The largest absolute Gasteiger partial charge is 0.322 e. The Morgan fingerprint density at radius 1 is 1.12 bits per heavy atom. The molecule has 0 aromatic heterocycles. The highest BCUT2D eigenvalue weighted by Gasteiger charge is 2.18. The van der Waals surface area contributed by atoms with Crippen LogP contribution in [0.25, 0.3) is 0 Å². The predicted octanol–water partition coefficient (Wildman–Crippen LogP) is 3.63. The van der Waals surface area contributed by atoms with Crippen LogP contribution in [0.2, 0.25) is 0 Å². The van der Waals surface area contributed by atoms with E-state index in [4.69, 9.17) is 0 Å². The van der Waals surface area contributed by atoms with Crippen LogP contribution in [0.5, 0.6) is 0 Å². The van der Waals surface area contributed by atoms with Gasteiger partial charge in [-0.2, -0.15) is 0 Å². The summed E-state index contributed by atoms with van der Waals surface area (Å²) in [7, 11) is -3.65. The van der Waals surface area contributed by atoms with Gasteiger partial charge in [0.2, 0.25) is 10.0 Å². The molecular formula is C19H24N2O3S. The minimum absolute atomic E-state index is 0.0846. The van der Waals surface area contributed by atoms with Gasteiger partial charge in [0.25, 0.3) is 5.91 Å². The predicted molar refractivity (Wildman–Crippen MR) is 100 cm³/mol. The number of hydrogen-bond donors (Lipinski definition) is 2. The molecule has 0 bridgehead atoms. The molecule has 25 heavy (non-hydrogen) atoms. The number of rotatable bonds is 6. The molecule has 0 spiro atoms. The van der Waals surface area contributed by atoms with Gasteiger partial charge in [-0.1, -0.05) is 25.1 Å². The van der Waals surface area contributed by atoms with Gasteiger partial charge < -0.3 is 5.32 Å². The summed E-state index contributed by atoms with van der Waals surface area (Å²) in [6, 6.07) is 11.7. The van der Waals surface area contributed by atoms with Crippen LogP contribution in [0.1, 0.15) is 41.8 Å². The maximum Gasteiger partial charge on any atom is 0.255 e. The Morgan fingerprint density at radius 3 is 2.52 bits per heavy atom. The van der Waals surface area contributed by atoms with Crippen LogP contribution in [0.15, 0.2) is 47.4 Å². The van der Waals surface area contributed by atoms with E-state index in [1.165, 1.54) is 12.1 Å². The van der Waals surface area contributed by atoms with Crippen LogP contribution < -0.4 is 10.0 Å². The summed E-state index contributed by atoms with van der Waals surface area (Å²) in [6.45, 7) is 7.56. The first-order chi connectivity index (χ1) is 11.7. The minimum Gasteiger partial charge on any atom is -0.322 e. The fourth-order valence-corrected chi connectivity index (χ4v) is 3.66. The number of sulfonamides is 1. The smallest absolute Gasteiger partial charge is 0.255 e. The molecule has 0 saturated carbocycles. The maximum atomic E-state index is 12.5. The second-order valence-electron chi connectivity index (χ2n) is 6.23. The molecule has 0 aliphatic heterocycles. The van der Waals surface area contributed by atoms with Gasteiger partial charge in [-0.3, -0.25) is 4.79 Å². The monoisotopic (exact) mass is 360 g/mol. The second-order valence-corrected chi connectivity index (χ2v) is 7.94. The van der Waals surface area contributed by atoms with Gasteiger partial charge in [-0.15, -0.1) is 0 Å². The highest BCUT2D eigenvalue weighted by atomic mass is 32.2. The van der Waals surface area contributed by atoms with Crippen molar-refractivity contribution in [1.29, 1.82) is 0 Å². The third-order valence-corrected chi connectivity index (χ3v) is 5.60. The lowest BCUT2D eigenvalue weighted by atomic mass is 10.1. The topological polar surface area (TPSA) is 75.3 Å². The first-order valence-electron chi connectivity index (χ1n) is 8.24. The highest BCUT2D eigenvalue weighted by Crippen LogP contribution is 2.19. The Labute approximate surface area is 149 Å². The number of amides is 1. The molecule has 134 valence electrons. The molecule has 0 heterocycles. The van der Waals surface area contributed by atoms with Crippen molar-refractivity contribution in [2.75, 3.05) is 5.32 Å². The SMILES string of the molecule is CCC(C)NS(=O)(=O)c1cccc(C(=O)Nc2cc(C)ccc2C)c1. The van der Waals surface area contributed by atoms with Crippen molar-refractivity contribution in [2.45, 2.75) is 45.1 Å². The number of carbonyl (C=O) groups is 1. The standard InChI is InChI=1S/C19H24N2O3S/c1-5-15(4)21-25(23,24)17-8-6-7-16(12-17)19(22)20-18-11-13(2)9-10-14(18)3/h6-12,15,21H,5H2,1-4H3,(H,20,22). The maximum absolute atomic E-state index is 12.5. The van der Waals surface area contributed by atoms with E-state index in [1.54, 1.807) is 19.1 Å². The summed E-state index contributed by atoms with van der Waals surface area (Å²) in [5.41, 5.74) is 3.00. The zero-order chi connectivity index (χ0) is 18.6. The number of carbonyl (C=O) groups excluding carboxylic acids is 1. The van der Waals surface area contributed by atoms with Crippen LogP contribution in [-0.2, 0) is 10.0 Å². The lowest BCUT2D eigenvalue weighted by Crippen LogP contribution is -2.32. The molecular weight excluding hydrogens is 336 g/mol. The molecule has 2 rings (SSSR count). The van der Waals surface area contributed by atoms with E-state index in [-0.39, 0.29) is 16.8 Å². The van der Waals surface area contributed by atoms with Crippen LogP contribution >= 0.6 is 0 Å². The van der Waals surface area contributed by atoms with Crippen molar-refractivity contribution in [2.24, 2.45) is 0 Å². The van der Waals surface area contributed by atoms with Gasteiger partial charge in [0.1, 0.15) is 0 Å². The van der Waals surface area contributed by atoms with Crippen molar-refractivity contribution >= 4 is 21.6 Å².